The Morgan fingerprint density at radius 3 is 2.44 bits per heavy atom. The van der Waals surface area contributed by atoms with Gasteiger partial charge in [0.15, 0.2) is 0 Å². The van der Waals surface area contributed by atoms with Gasteiger partial charge in [0.2, 0.25) is 5.91 Å². The summed E-state index contributed by atoms with van der Waals surface area (Å²) in [5.74, 6) is -0.0496. The molecule has 144 valence electrons. The van der Waals surface area contributed by atoms with Crippen LogP contribution in [-0.2, 0) is 17.6 Å². The number of likely N-dealkylation sites (tertiary alicyclic amines) is 1. The molecule has 1 heterocycles. The van der Waals surface area contributed by atoms with Gasteiger partial charge < -0.3 is 10.2 Å². The third-order valence-corrected chi connectivity index (χ3v) is 5.48. The Kier molecular flexibility index (Phi) is 6.62. The molecule has 2 aromatic rings. The molecule has 1 aliphatic heterocycles. The molecule has 0 bridgehead atoms. The molecule has 27 heavy (non-hydrogen) atoms. The monoisotopic (exact) mass is 368 g/mol. The van der Waals surface area contributed by atoms with E-state index in [9.17, 15) is 9.18 Å². The number of hydrogen-bond acceptors (Lipinski definition) is 2. The SMILES string of the molecule is CC(=O)N1CCC[C@H](NCCc2ccc(F)cc2)[C@@H]1Cc1ccc(C)cc1. The van der Waals surface area contributed by atoms with Crippen LogP contribution in [0.2, 0.25) is 0 Å². The summed E-state index contributed by atoms with van der Waals surface area (Å²) in [7, 11) is 0. The largest absolute Gasteiger partial charge is 0.338 e. The number of aryl methyl sites for hydroxylation is 1. The van der Waals surface area contributed by atoms with E-state index in [1.54, 1.807) is 6.92 Å². The molecule has 1 amide bonds. The van der Waals surface area contributed by atoms with Crippen molar-refractivity contribution < 1.29 is 9.18 Å². The van der Waals surface area contributed by atoms with Gasteiger partial charge in [0, 0.05) is 19.5 Å². The number of nitrogens with zero attached hydrogens (tertiary/aromatic N) is 1. The average Bonchev–Trinajstić information content (AvgIpc) is 2.66. The number of piperidine rings is 1. The summed E-state index contributed by atoms with van der Waals surface area (Å²) in [5.41, 5.74) is 3.64. The Labute approximate surface area is 161 Å². The topological polar surface area (TPSA) is 32.3 Å². The molecule has 2 aromatic carbocycles. The van der Waals surface area contributed by atoms with Crippen LogP contribution in [0.3, 0.4) is 0 Å². The number of carbonyl (C=O) groups is 1. The minimum atomic E-state index is -0.200. The molecule has 1 aliphatic rings. The second kappa shape index (κ2) is 9.14. The molecule has 1 N–H and O–H groups in total. The van der Waals surface area contributed by atoms with Crippen LogP contribution in [0.5, 0.6) is 0 Å². The van der Waals surface area contributed by atoms with Crippen LogP contribution in [-0.4, -0.2) is 36.0 Å². The summed E-state index contributed by atoms with van der Waals surface area (Å²) in [5, 5.41) is 3.66. The normalized spacial score (nSPS) is 19.9. The van der Waals surface area contributed by atoms with Gasteiger partial charge in [-0.3, -0.25) is 4.79 Å². The zero-order valence-corrected chi connectivity index (χ0v) is 16.2. The number of halogens is 1. The highest BCUT2D eigenvalue weighted by atomic mass is 19.1. The van der Waals surface area contributed by atoms with E-state index in [1.165, 1.54) is 23.3 Å². The van der Waals surface area contributed by atoms with Crippen LogP contribution < -0.4 is 5.32 Å². The van der Waals surface area contributed by atoms with Crippen molar-refractivity contribution in [2.45, 2.75) is 51.6 Å². The van der Waals surface area contributed by atoms with Crippen LogP contribution in [0.1, 0.15) is 36.5 Å². The first-order valence-corrected chi connectivity index (χ1v) is 9.83. The van der Waals surface area contributed by atoms with Gasteiger partial charge in [-0.15, -0.1) is 0 Å². The van der Waals surface area contributed by atoms with Crippen molar-refractivity contribution >= 4 is 5.91 Å². The first kappa shape index (κ1) is 19.6. The number of carbonyl (C=O) groups excluding carboxylic acids is 1. The maximum atomic E-state index is 13.0. The molecule has 1 saturated heterocycles. The number of benzene rings is 2. The Bertz CT molecular complexity index is 742. The van der Waals surface area contributed by atoms with E-state index in [0.29, 0.717) is 0 Å². The third-order valence-electron chi connectivity index (χ3n) is 5.48. The number of rotatable bonds is 6. The second-order valence-electron chi connectivity index (χ2n) is 7.55. The smallest absolute Gasteiger partial charge is 0.219 e. The first-order chi connectivity index (χ1) is 13.0. The molecule has 2 atom stereocenters. The molecule has 0 spiro atoms. The minimum absolute atomic E-state index is 0.150. The van der Waals surface area contributed by atoms with Crippen molar-refractivity contribution in [1.82, 2.24) is 10.2 Å². The Balaban J connectivity index is 1.65. The predicted octanol–water partition coefficient (Wildman–Crippen LogP) is 3.89. The number of nitrogens with one attached hydrogen (secondary N) is 1. The van der Waals surface area contributed by atoms with E-state index < -0.39 is 0 Å². The van der Waals surface area contributed by atoms with Crippen LogP contribution in [0.4, 0.5) is 4.39 Å². The summed E-state index contributed by atoms with van der Waals surface area (Å²) in [6.07, 6.45) is 3.82. The lowest BCUT2D eigenvalue weighted by Crippen LogP contribution is -2.56. The highest BCUT2D eigenvalue weighted by Gasteiger charge is 2.32. The van der Waals surface area contributed by atoms with Crippen molar-refractivity contribution in [1.29, 1.82) is 0 Å². The van der Waals surface area contributed by atoms with Crippen molar-refractivity contribution in [2.75, 3.05) is 13.1 Å². The van der Waals surface area contributed by atoms with Gasteiger partial charge in [-0.2, -0.15) is 0 Å². The molecule has 0 aromatic heterocycles. The molecule has 0 radical (unpaired) electrons. The third kappa shape index (κ3) is 5.39. The highest BCUT2D eigenvalue weighted by Crippen LogP contribution is 2.22. The van der Waals surface area contributed by atoms with E-state index in [1.807, 2.05) is 17.0 Å². The Hall–Kier alpha value is -2.20. The van der Waals surface area contributed by atoms with Gasteiger partial charge >= 0.3 is 0 Å². The molecular weight excluding hydrogens is 339 g/mol. The minimum Gasteiger partial charge on any atom is -0.338 e. The average molecular weight is 368 g/mol. The zero-order valence-electron chi connectivity index (χ0n) is 16.2. The molecule has 1 fully saturated rings. The van der Waals surface area contributed by atoms with Gasteiger partial charge in [0.05, 0.1) is 6.04 Å². The fourth-order valence-corrected chi connectivity index (χ4v) is 3.96. The van der Waals surface area contributed by atoms with Crippen LogP contribution in [0, 0.1) is 12.7 Å². The van der Waals surface area contributed by atoms with Crippen molar-refractivity contribution in [3.63, 3.8) is 0 Å². The maximum absolute atomic E-state index is 13.0. The lowest BCUT2D eigenvalue weighted by Gasteiger charge is -2.41. The van der Waals surface area contributed by atoms with E-state index >= 15 is 0 Å². The van der Waals surface area contributed by atoms with Gasteiger partial charge in [-0.05, 0) is 62.4 Å². The van der Waals surface area contributed by atoms with Gasteiger partial charge in [-0.25, -0.2) is 4.39 Å². The summed E-state index contributed by atoms with van der Waals surface area (Å²) in [4.78, 5) is 14.2. The van der Waals surface area contributed by atoms with E-state index in [-0.39, 0.29) is 23.8 Å². The Morgan fingerprint density at radius 2 is 1.78 bits per heavy atom. The maximum Gasteiger partial charge on any atom is 0.219 e. The molecule has 0 saturated carbocycles. The predicted molar refractivity (Wildman–Crippen MR) is 107 cm³/mol. The fourth-order valence-electron chi connectivity index (χ4n) is 3.96. The summed E-state index contributed by atoms with van der Waals surface area (Å²) in [6.45, 7) is 5.42. The van der Waals surface area contributed by atoms with Gasteiger partial charge in [-0.1, -0.05) is 42.0 Å². The van der Waals surface area contributed by atoms with Crippen molar-refractivity contribution in [2.24, 2.45) is 0 Å². The molecule has 0 unspecified atom stereocenters. The quantitative estimate of drug-likeness (QED) is 0.839. The molecule has 3 rings (SSSR count). The molecular formula is C23H29FN2O. The fraction of sp³-hybridized carbons (Fsp3) is 0.435. The second-order valence-corrected chi connectivity index (χ2v) is 7.55. The highest BCUT2D eigenvalue weighted by molar-refractivity contribution is 5.73. The van der Waals surface area contributed by atoms with Crippen LogP contribution in [0.15, 0.2) is 48.5 Å². The number of amides is 1. The molecule has 0 aliphatic carbocycles. The van der Waals surface area contributed by atoms with Crippen LogP contribution >= 0.6 is 0 Å². The zero-order chi connectivity index (χ0) is 19.2. The standard InChI is InChI=1S/C23H29FN2O/c1-17-5-7-20(8-6-17)16-23-22(4-3-15-26(23)18(2)27)25-14-13-19-9-11-21(24)12-10-19/h5-12,22-23,25H,3-4,13-16H2,1-2H3/t22-,23-/m0/s1. The van der Waals surface area contributed by atoms with Crippen LogP contribution in [0.25, 0.3) is 0 Å². The van der Waals surface area contributed by atoms with Gasteiger partial charge in [0.1, 0.15) is 5.82 Å². The Morgan fingerprint density at radius 1 is 1.11 bits per heavy atom. The summed E-state index contributed by atoms with van der Waals surface area (Å²) < 4.78 is 13.0. The van der Waals surface area contributed by atoms with Crippen molar-refractivity contribution in [3.8, 4) is 0 Å². The van der Waals surface area contributed by atoms with E-state index in [4.69, 9.17) is 0 Å². The lowest BCUT2D eigenvalue weighted by molar-refractivity contribution is -0.133. The summed E-state index contributed by atoms with van der Waals surface area (Å²) >= 11 is 0. The molecule has 3 nitrogen and oxygen atoms in total. The lowest BCUT2D eigenvalue weighted by atomic mass is 9.90. The first-order valence-electron chi connectivity index (χ1n) is 9.83. The van der Waals surface area contributed by atoms with Crippen molar-refractivity contribution in [3.05, 3.63) is 71.0 Å². The van der Waals surface area contributed by atoms with Gasteiger partial charge in [0.25, 0.3) is 0 Å². The molecule has 4 heteroatoms. The van der Waals surface area contributed by atoms with E-state index in [0.717, 1.165) is 44.3 Å². The summed E-state index contributed by atoms with van der Waals surface area (Å²) in [6, 6.07) is 15.7. The van der Waals surface area contributed by atoms with E-state index in [2.05, 4.69) is 36.5 Å². The number of hydrogen-bond donors (Lipinski definition) is 1.